The fourth-order valence-electron chi connectivity index (χ4n) is 2.46. The molecule has 5 nitrogen and oxygen atoms in total. The van der Waals surface area contributed by atoms with Gasteiger partial charge in [-0.2, -0.15) is 0 Å². The third-order valence-corrected chi connectivity index (χ3v) is 3.39. The molecule has 21 heavy (non-hydrogen) atoms. The largest absolute Gasteiger partial charge is 0.366 e. The molecule has 0 radical (unpaired) electrons. The van der Waals surface area contributed by atoms with E-state index in [-0.39, 0.29) is 0 Å². The molecule has 1 heterocycles. The lowest BCUT2D eigenvalue weighted by atomic mass is 9.98. The van der Waals surface area contributed by atoms with E-state index in [1.54, 1.807) is 12.3 Å². The number of carbonyl (C=O) groups is 2. The second kappa shape index (κ2) is 5.13. The zero-order valence-corrected chi connectivity index (χ0v) is 11.1. The first-order valence-corrected chi connectivity index (χ1v) is 6.41. The number of nitrogens with two attached hydrogens (primary N) is 1. The molecule has 0 unspecified atom stereocenters. The number of anilines is 1. The Morgan fingerprint density at radius 1 is 1.19 bits per heavy atom. The van der Waals surface area contributed by atoms with Gasteiger partial charge in [0.05, 0.1) is 11.1 Å². The third-order valence-electron chi connectivity index (χ3n) is 3.39. The van der Waals surface area contributed by atoms with Crippen molar-refractivity contribution in [2.24, 2.45) is 5.73 Å². The summed E-state index contributed by atoms with van der Waals surface area (Å²) in [6.45, 7) is 0. The summed E-state index contributed by atoms with van der Waals surface area (Å²) < 4.78 is 0. The van der Waals surface area contributed by atoms with Crippen molar-refractivity contribution in [3.8, 4) is 11.1 Å². The maximum Gasteiger partial charge on any atom is 0.250 e. The van der Waals surface area contributed by atoms with Crippen LogP contribution in [0.1, 0.15) is 10.4 Å². The highest BCUT2D eigenvalue weighted by atomic mass is 16.1. The number of benzene rings is 2. The van der Waals surface area contributed by atoms with E-state index in [0.29, 0.717) is 23.2 Å². The summed E-state index contributed by atoms with van der Waals surface area (Å²) in [4.78, 5) is 25.0. The standard InChI is InChI=1S/C16H13N3O2/c17-16(21)14-5-4-12(13-6-7-18-15(13)14)10-2-1-3-11(8-10)19-9-20/h1-9,18H,(H2,17,21)(H,19,20). The maximum absolute atomic E-state index is 11.5. The number of H-pyrrole nitrogens is 1. The molecule has 104 valence electrons. The van der Waals surface area contributed by atoms with Gasteiger partial charge in [0, 0.05) is 17.3 Å². The molecule has 1 aromatic heterocycles. The minimum atomic E-state index is -0.467. The number of rotatable bonds is 4. The van der Waals surface area contributed by atoms with Crippen molar-refractivity contribution < 1.29 is 9.59 Å². The molecule has 0 fully saturated rings. The molecule has 0 spiro atoms. The van der Waals surface area contributed by atoms with Crippen LogP contribution in [0.25, 0.3) is 22.0 Å². The topological polar surface area (TPSA) is 88.0 Å². The van der Waals surface area contributed by atoms with Crippen molar-refractivity contribution in [3.05, 3.63) is 54.2 Å². The molecule has 0 aliphatic carbocycles. The first-order valence-electron chi connectivity index (χ1n) is 6.41. The number of nitrogens with one attached hydrogen (secondary N) is 2. The predicted molar refractivity (Wildman–Crippen MR) is 81.9 cm³/mol. The number of amides is 2. The van der Waals surface area contributed by atoms with Crippen LogP contribution in [0.5, 0.6) is 0 Å². The molecule has 0 atom stereocenters. The van der Waals surface area contributed by atoms with Gasteiger partial charge in [0.1, 0.15) is 0 Å². The summed E-state index contributed by atoms with van der Waals surface area (Å²) in [5.41, 5.74) is 9.18. The van der Waals surface area contributed by atoms with E-state index in [1.165, 1.54) is 0 Å². The third kappa shape index (κ3) is 2.25. The van der Waals surface area contributed by atoms with Crippen molar-refractivity contribution in [1.29, 1.82) is 0 Å². The van der Waals surface area contributed by atoms with E-state index >= 15 is 0 Å². The predicted octanol–water partition coefficient (Wildman–Crippen LogP) is 2.50. The summed E-state index contributed by atoms with van der Waals surface area (Å²) in [7, 11) is 0. The van der Waals surface area contributed by atoms with Gasteiger partial charge >= 0.3 is 0 Å². The van der Waals surface area contributed by atoms with Crippen molar-refractivity contribution in [2.45, 2.75) is 0 Å². The number of hydrogen-bond acceptors (Lipinski definition) is 2. The van der Waals surface area contributed by atoms with Gasteiger partial charge in [-0.1, -0.05) is 18.2 Å². The average molecular weight is 279 g/mol. The molecular formula is C16H13N3O2. The number of primary amides is 1. The van der Waals surface area contributed by atoms with Crippen molar-refractivity contribution in [2.75, 3.05) is 5.32 Å². The number of aromatic amines is 1. The van der Waals surface area contributed by atoms with Crippen LogP contribution >= 0.6 is 0 Å². The number of fused-ring (bicyclic) bond motifs is 1. The lowest BCUT2D eigenvalue weighted by Gasteiger charge is -2.08. The highest BCUT2D eigenvalue weighted by molar-refractivity contribution is 6.09. The van der Waals surface area contributed by atoms with Crippen molar-refractivity contribution >= 4 is 28.9 Å². The smallest absolute Gasteiger partial charge is 0.250 e. The van der Waals surface area contributed by atoms with Crippen LogP contribution in [-0.4, -0.2) is 17.3 Å². The Hall–Kier alpha value is -3.08. The maximum atomic E-state index is 11.5. The highest BCUT2D eigenvalue weighted by Gasteiger charge is 2.12. The van der Waals surface area contributed by atoms with Gasteiger partial charge in [0.15, 0.2) is 0 Å². The first-order chi connectivity index (χ1) is 10.2. The quantitative estimate of drug-likeness (QED) is 0.641. The summed E-state index contributed by atoms with van der Waals surface area (Å²) >= 11 is 0. The van der Waals surface area contributed by atoms with Crippen LogP contribution in [0.4, 0.5) is 5.69 Å². The number of carbonyl (C=O) groups excluding carboxylic acids is 2. The van der Waals surface area contributed by atoms with Gasteiger partial charge in [0.2, 0.25) is 6.41 Å². The Balaban J connectivity index is 2.19. The second-order valence-electron chi connectivity index (χ2n) is 4.63. The zero-order valence-electron chi connectivity index (χ0n) is 11.1. The second-order valence-corrected chi connectivity index (χ2v) is 4.63. The van der Waals surface area contributed by atoms with Gasteiger partial charge in [0.25, 0.3) is 5.91 Å². The Labute approximate surface area is 120 Å². The summed E-state index contributed by atoms with van der Waals surface area (Å²) in [6.07, 6.45) is 2.41. The van der Waals surface area contributed by atoms with Crippen LogP contribution in [0.15, 0.2) is 48.7 Å². The molecule has 3 aromatic rings. The van der Waals surface area contributed by atoms with E-state index in [1.807, 2.05) is 36.4 Å². The molecular weight excluding hydrogens is 266 g/mol. The van der Waals surface area contributed by atoms with Gasteiger partial charge in [-0.3, -0.25) is 9.59 Å². The van der Waals surface area contributed by atoms with Gasteiger partial charge in [-0.05, 0) is 35.4 Å². The zero-order chi connectivity index (χ0) is 14.8. The average Bonchev–Trinajstić information content (AvgIpc) is 2.96. The normalized spacial score (nSPS) is 10.5. The minimum absolute atomic E-state index is 0.459. The molecule has 0 saturated carbocycles. The Kier molecular flexibility index (Phi) is 3.16. The molecule has 4 N–H and O–H groups in total. The minimum Gasteiger partial charge on any atom is -0.366 e. The fourth-order valence-corrected chi connectivity index (χ4v) is 2.46. The highest BCUT2D eigenvalue weighted by Crippen LogP contribution is 2.31. The lowest BCUT2D eigenvalue weighted by molar-refractivity contribution is -0.105. The lowest BCUT2D eigenvalue weighted by Crippen LogP contribution is -2.11. The molecule has 0 aliphatic rings. The molecule has 3 rings (SSSR count). The molecule has 5 heteroatoms. The van der Waals surface area contributed by atoms with Gasteiger partial charge < -0.3 is 16.0 Å². The van der Waals surface area contributed by atoms with Crippen LogP contribution in [0.2, 0.25) is 0 Å². The van der Waals surface area contributed by atoms with Crippen LogP contribution in [0, 0.1) is 0 Å². The first kappa shape index (κ1) is 12.9. The van der Waals surface area contributed by atoms with E-state index in [4.69, 9.17) is 5.73 Å². The monoisotopic (exact) mass is 279 g/mol. The fraction of sp³-hybridized carbons (Fsp3) is 0. The van der Waals surface area contributed by atoms with Gasteiger partial charge in [-0.15, -0.1) is 0 Å². The Bertz CT molecular complexity index is 836. The van der Waals surface area contributed by atoms with E-state index < -0.39 is 5.91 Å². The number of hydrogen-bond donors (Lipinski definition) is 3. The molecule has 0 aliphatic heterocycles. The van der Waals surface area contributed by atoms with Crippen LogP contribution in [-0.2, 0) is 4.79 Å². The molecule has 0 bridgehead atoms. The van der Waals surface area contributed by atoms with Crippen LogP contribution in [0.3, 0.4) is 0 Å². The van der Waals surface area contributed by atoms with E-state index in [2.05, 4.69) is 10.3 Å². The SMILES string of the molecule is NC(=O)c1ccc(-c2cccc(NC=O)c2)c2cc[nH]c12. The Morgan fingerprint density at radius 2 is 2.05 bits per heavy atom. The number of aromatic nitrogens is 1. The van der Waals surface area contributed by atoms with Gasteiger partial charge in [-0.25, -0.2) is 0 Å². The van der Waals surface area contributed by atoms with Crippen LogP contribution < -0.4 is 11.1 Å². The molecule has 2 aromatic carbocycles. The van der Waals surface area contributed by atoms with Crippen molar-refractivity contribution in [3.63, 3.8) is 0 Å². The summed E-state index contributed by atoms with van der Waals surface area (Å²) in [6, 6.07) is 13.0. The van der Waals surface area contributed by atoms with Crippen molar-refractivity contribution in [1.82, 2.24) is 4.98 Å². The molecule has 2 amide bonds. The summed E-state index contributed by atoms with van der Waals surface area (Å²) in [5.74, 6) is -0.467. The van der Waals surface area contributed by atoms with E-state index in [0.717, 1.165) is 16.5 Å². The van der Waals surface area contributed by atoms with E-state index in [9.17, 15) is 9.59 Å². The summed E-state index contributed by atoms with van der Waals surface area (Å²) in [5, 5.41) is 3.54. The molecule has 0 saturated heterocycles. The Morgan fingerprint density at radius 3 is 2.81 bits per heavy atom.